The smallest absolute Gasteiger partial charge is 0.313 e. The first kappa shape index (κ1) is 13.4. The number of methoxy groups -OCH3 is 1. The summed E-state index contributed by atoms with van der Waals surface area (Å²) in [5.41, 5.74) is 1.99. The zero-order chi connectivity index (χ0) is 13.2. The quantitative estimate of drug-likeness (QED) is 0.456. The second kappa shape index (κ2) is 5.12. The minimum Gasteiger partial charge on any atom is -0.469 e. The van der Waals surface area contributed by atoms with Gasteiger partial charge in [0.2, 0.25) is 0 Å². The fourth-order valence-corrected chi connectivity index (χ4v) is 1.86. The maximum atomic E-state index is 11.9. The third-order valence-corrected chi connectivity index (χ3v) is 2.63. The average Bonchev–Trinajstić information content (AvgIpc) is 2.54. The summed E-state index contributed by atoms with van der Waals surface area (Å²) >= 11 is 0. The molecule has 0 fully saturated rings. The molecule has 0 spiro atoms. The highest BCUT2D eigenvalue weighted by Crippen LogP contribution is 2.18. The Kier molecular flexibility index (Phi) is 4.04. The molecule has 0 aliphatic rings. The van der Waals surface area contributed by atoms with Crippen molar-refractivity contribution in [3.05, 3.63) is 17.0 Å². The van der Waals surface area contributed by atoms with Gasteiger partial charge in [-0.05, 0) is 27.7 Å². The van der Waals surface area contributed by atoms with Crippen LogP contribution in [0.1, 0.15) is 48.1 Å². The Labute approximate surface area is 101 Å². The molecule has 0 N–H and O–H groups in total. The fourth-order valence-electron chi connectivity index (χ4n) is 1.86. The van der Waals surface area contributed by atoms with Gasteiger partial charge in [0.25, 0.3) is 0 Å². The third-order valence-electron chi connectivity index (χ3n) is 2.63. The molecule has 0 saturated carbocycles. The minimum atomic E-state index is -0.522. The van der Waals surface area contributed by atoms with Gasteiger partial charge in [0.15, 0.2) is 5.78 Å². The molecule has 1 heterocycles. The standard InChI is InChI=1S/C12H18N2O3/c1-7(2)14-9(4)12(8(3)13-14)10(15)6-11(16)17-5/h7H,6H2,1-5H3. The number of carbonyl (C=O) groups is 2. The summed E-state index contributed by atoms with van der Waals surface area (Å²) in [5.74, 6) is -0.759. The normalized spacial score (nSPS) is 10.7. The molecule has 0 amide bonds. The lowest BCUT2D eigenvalue weighted by molar-refractivity contribution is -0.139. The van der Waals surface area contributed by atoms with E-state index in [2.05, 4.69) is 9.84 Å². The molecule has 0 atom stereocenters. The SMILES string of the molecule is COC(=O)CC(=O)c1c(C)nn(C(C)C)c1C. The highest BCUT2D eigenvalue weighted by molar-refractivity contribution is 6.07. The Morgan fingerprint density at radius 1 is 1.35 bits per heavy atom. The highest BCUT2D eigenvalue weighted by atomic mass is 16.5. The molecule has 5 heteroatoms. The van der Waals surface area contributed by atoms with E-state index in [0.717, 1.165) is 5.69 Å². The fraction of sp³-hybridized carbons (Fsp3) is 0.583. The van der Waals surface area contributed by atoms with Gasteiger partial charge >= 0.3 is 5.97 Å². The van der Waals surface area contributed by atoms with Gasteiger partial charge in [-0.2, -0.15) is 5.10 Å². The lowest BCUT2D eigenvalue weighted by atomic mass is 10.1. The van der Waals surface area contributed by atoms with Gasteiger partial charge in [-0.25, -0.2) is 0 Å². The van der Waals surface area contributed by atoms with Crippen LogP contribution < -0.4 is 0 Å². The van der Waals surface area contributed by atoms with Gasteiger partial charge in [-0.15, -0.1) is 0 Å². The Balaban J connectivity index is 3.06. The van der Waals surface area contributed by atoms with Gasteiger partial charge in [-0.3, -0.25) is 14.3 Å². The van der Waals surface area contributed by atoms with Gasteiger partial charge in [0.05, 0.1) is 18.4 Å². The van der Waals surface area contributed by atoms with Crippen LogP contribution in [0, 0.1) is 13.8 Å². The van der Waals surface area contributed by atoms with E-state index in [1.165, 1.54) is 7.11 Å². The molecule has 0 saturated heterocycles. The first-order valence-corrected chi connectivity index (χ1v) is 5.54. The monoisotopic (exact) mass is 238 g/mol. The van der Waals surface area contributed by atoms with Crippen LogP contribution >= 0.6 is 0 Å². The molecule has 0 aromatic carbocycles. The summed E-state index contributed by atoms with van der Waals surface area (Å²) in [5, 5.41) is 4.31. The van der Waals surface area contributed by atoms with Crippen molar-refractivity contribution in [2.45, 2.75) is 40.2 Å². The first-order chi connectivity index (χ1) is 7.88. The zero-order valence-electron chi connectivity index (χ0n) is 10.9. The molecule has 1 rings (SSSR count). The van der Waals surface area contributed by atoms with Crippen LogP contribution in [0.2, 0.25) is 0 Å². The molecule has 0 aliphatic heterocycles. The summed E-state index contributed by atoms with van der Waals surface area (Å²) in [4.78, 5) is 23.0. The Hall–Kier alpha value is -1.65. The zero-order valence-corrected chi connectivity index (χ0v) is 10.9. The predicted octanol–water partition coefficient (Wildman–Crippen LogP) is 1.83. The van der Waals surface area contributed by atoms with E-state index in [0.29, 0.717) is 11.3 Å². The van der Waals surface area contributed by atoms with E-state index in [1.807, 2.05) is 20.8 Å². The largest absolute Gasteiger partial charge is 0.469 e. The lowest BCUT2D eigenvalue weighted by Crippen LogP contribution is -2.12. The second-order valence-electron chi connectivity index (χ2n) is 4.26. The van der Waals surface area contributed by atoms with E-state index in [-0.39, 0.29) is 18.2 Å². The number of Topliss-reactive ketones (excluding diaryl/α,β-unsaturated/α-hetero) is 1. The molecule has 0 aliphatic carbocycles. The Morgan fingerprint density at radius 2 is 1.94 bits per heavy atom. The first-order valence-electron chi connectivity index (χ1n) is 5.54. The Morgan fingerprint density at radius 3 is 2.35 bits per heavy atom. The molecule has 5 nitrogen and oxygen atoms in total. The van der Waals surface area contributed by atoms with Crippen molar-refractivity contribution in [3.8, 4) is 0 Å². The van der Waals surface area contributed by atoms with E-state index in [9.17, 15) is 9.59 Å². The van der Waals surface area contributed by atoms with Crippen LogP contribution in [0.25, 0.3) is 0 Å². The summed E-state index contributed by atoms with van der Waals surface area (Å²) in [7, 11) is 1.27. The number of esters is 1. The average molecular weight is 238 g/mol. The molecule has 94 valence electrons. The minimum absolute atomic E-state index is 0.188. The molecule has 0 unspecified atom stereocenters. The van der Waals surface area contributed by atoms with Crippen molar-refractivity contribution in [2.24, 2.45) is 0 Å². The molecule has 1 aromatic heterocycles. The topological polar surface area (TPSA) is 61.2 Å². The van der Waals surface area contributed by atoms with Gasteiger partial charge in [-0.1, -0.05) is 0 Å². The molecular formula is C12H18N2O3. The summed E-state index contributed by atoms with van der Waals surface area (Å²) in [6.45, 7) is 7.60. The van der Waals surface area contributed by atoms with Crippen molar-refractivity contribution in [1.82, 2.24) is 9.78 Å². The summed E-state index contributed by atoms with van der Waals surface area (Å²) < 4.78 is 6.28. The van der Waals surface area contributed by atoms with Gasteiger partial charge in [0, 0.05) is 11.7 Å². The maximum Gasteiger partial charge on any atom is 0.313 e. The molecule has 0 bridgehead atoms. The molecule has 0 radical (unpaired) electrons. The number of rotatable bonds is 4. The van der Waals surface area contributed by atoms with Crippen LogP contribution in [-0.4, -0.2) is 28.6 Å². The number of aryl methyl sites for hydroxylation is 1. The van der Waals surface area contributed by atoms with E-state index in [4.69, 9.17) is 0 Å². The van der Waals surface area contributed by atoms with Crippen molar-refractivity contribution < 1.29 is 14.3 Å². The van der Waals surface area contributed by atoms with Gasteiger partial charge in [0.1, 0.15) is 6.42 Å². The number of ketones is 1. The maximum absolute atomic E-state index is 11.9. The van der Waals surface area contributed by atoms with Gasteiger partial charge < -0.3 is 4.74 Å². The molecular weight excluding hydrogens is 220 g/mol. The van der Waals surface area contributed by atoms with E-state index < -0.39 is 5.97 Å². The lowest BCUT2D eigenvalue weighted by Gasteiger charge is -2.08. The van der Waals surface area contributed by atoms with Crippen molar-refractivity contribution in [2.75, 3.05) is 7.11 Å². The number of nitrogens with zero attached hydrogens (tertiary/aromatic N) is 2. The number of aromatic nitrogens is 2. The summed E-state index contributed by atoms with van der Waals surface area (Å²) in [6.07, 6.45) is -0.234. The molecule has 1 aromatic rings. The Bertz CT molecular complexity index is 447. The van der Waals surface area contributed by atoms with Crippen LogP contribution in [0.4, 0.5) is 0 Å². The summed E-state index contributed by atoms with van der Waals surface area (Å²) in [6, 6.07) is 0.188. The third kappa shape index (κ3) is 2.72. The van der Waals surface area contributed by atoms with Crippen LogP contribution in [0.15, 0.2) is 0 Å². The molecule has 17 heavy (non-hydrogen) atoms. The second-order valence-corrected chi connectivity index (χ2v) is 4.26. The van der Waals surface area contributed by atoms with E-state index in [1.54, 1.807) is 11.6 Å². The van der Waals surface area contributed by atoms with E-state index >= 15 is 0 Å². The van der Waals surface area contributed by atoms with Crippen LogP contribution in [0.5, 0.6) is 0 Å². The van der Waals surface area contributed by atoms with Crippen LogP contribution in [-0.2, 0) is 9.53 Å². The predicted molar refractivity (Wildman–Crippen MR) is 63.0 cm³/mol. The number of ether oxygens (including phenoxy) is 1. The number of carbonyl (C=O) groups excluding carboxylic acids is 2. The van der Waals surface area contributed by atoms with Crippen molar-refractivity contribution in [1.29, 1.82) is 0 Å². The van der Waals surface area contributed by atoms with Crippen molar-refractivity contribution in [3.63, 3.8) is 0 Å². The number of hydrogen-bond acceptors (Lipinski definition) is 4. The van der Waals surface area contributed by atoms with Crippen LogP contribution in [0.3, 0.4) is 0 Å². The van der Waals surface area contributed by atoms with Crippen molar-refractivity contribution >= 4 is 11.8 Å². The highest BCUT2D eigenvalue weighted by Gasteiger charge is 2.21. The number of hydrogen-bond donors (Lipinski definition) is 0.